The van der Waals surface area contributed by atoms with Gasteiger partial charge in [0.15, 0.2) is 0 Å². The summed E-state index contributed by atoms with van der Waals surface area (Å²) in [5.41, 5.74) is 24.7. The molecule has 2 aliphatic carbocycles. The quantitative estimate of drug-likeness (QED) is 0.153. The Labute approximate surface area is 430 Å². The molecule has 4 aliphatic rings. The lowest BCUT2D eigenvalue weighted by atomic mass is 9.46. The first kappa shape index (κ1) is 44.6. The highest BCUT2D eigenvalue weighted by Gasteiger charge is 2.51. The number of hydrogen-bond acceptors (Lipinski definition) is 3. The first-order valence-corrected chi connectivity index (χ1v) is 27.5. The molecule has 14 rings (SSSR count). The highest BCUT2D eigenvalue weighted by Crippen LogP contribution is 2.60. The minimum absolute atomic E-state index is 0.00859. The Morgan fingerprint density at radius 2 is 1.14 bits per heavy atom. The van der Waals surface area contributed by atoms with Crippen molar-refractivity contribution in [3.05, 3.63) is 148 Å². The molecule has 5 heterocycles. The predicted molar refractivity (Wildman–Crippen MR) is 311 cm³/mol. The van der Waals surface area contributed by atoms with Gasteiger partial charge >= 0.3 is 6.85 Å². The van der Waals surface area contributed by atoms with Gasteiger partial charge in [-0.3, -0.25) is 0 Å². The van der Waals surface area contributed by atoms with Gasteiger partial charge in [0.1, 0.15) is 11.2 Å². The van der Waals surface area contributed by atoms with E-state index in [4.69, 9.17) is 4.42 Å². The van der Waals surface area contributed by atoms with E-state index in [9.17, 15) is 0 Å². The van der Waals surface area contributed by atoms with E-state index in [-0.39, 0.29) is 39.3 Å². The first-order chi connectivity index (χ1) is 33.8. The van der Waals surface area contributed by atoms with Gasteiger partial charge in [-0.15, -0.1) is 11.3 Å². The maximum atomic E-state index is 7.59. The van der Waals surface area contributed by atoms with Crippen LogP contribution in [0.15, 0.2) is 114 Å². The molecule has 0 unspecified atom stereocenters. The van der Waals surface area contributed by atoms with Crippen molar-refractivity contribution in [1.82, 2.24) is 4.57 Å². The molecule has 5 heteroatoms. The topological polar surface area (TPSA) is 21.3 Å². The maximum absolute atomic E-state index is 7.59. The third-order valence-electron chi connectivity index (χ3n) is 18.3. The molecular weight excluding hydrogens is 892 g/mol. The van der Waals surface area contributed by atoms with Crippen LogP contribution in [0.1, 0.15) is 156 Å². The van der Waals surface area contributed by atoms with Gasteiger partial charge in [0.25, 0.3) is 0 Å². The fourth-order valence-electron chi connectivity index (χ4n) is 13.9. The molecule has 3 aromatic heterocycles. The number of benzene rings is 7. The number of nitrogens with zero attached hydrogens (tertiary/aromatic N) is 2. The van der Waals surface area contributed by atoms with Crippen LogP contribution in [-0.4, -0.2) is 11.4 Å². The second-order valence-electron chi connectivity index (χ2n) is 27.2. The average molecular weight is 959 g/mol. The van der Waals surface area contributed by atoms with Crippen LogP contribution in [0, 0.1) is 0 Å². The number of aromatic nitrogens is 1. The van der Waals surface area contributed by atoms with Crippen molar-refractivity contribution < 1.29 is 4.42 Å². The van der Waals surface area contributed by atoms with E-state index in [1.54, 1.807) is 0 Å². The van der Waals surface area contributed by atoms with Crippen LogP contribution in [0.25, 0.3) is 80.9 Å². The summed E-state index contributed by atoms with van der Waals surface area (Å²) in [6.07, 6.45) is 2.39. The van der Waals surface area contributed by atoms with Gasteiger partial charge in [-0.05, 0) is 162 Å². The number of furan rings is 1. The standard InChI is InChI=1S/C67H67BN2OS/c1-62(2,3)36-20-24-39(25-21-36)70-51-34-42-41-32-48-49(66(12,13)29-28-65(48,10)11)35-47(41)67(14,15)46(42)33-44(51)54-55-40-18-16-17-19-53(40)72-60(55)56-43-30-37(63(4,5)6)22-26-50(43)69-58-45-31-38(64(7,8)9)23-27-52(45)71-61(58)68(70)57(54)59(56)69/h16-27,30-35H,28-29H2,1-15H3. The van der Waals surface area contributed by atoms with Gasteiger partial charge in [-0.2, -0.15) is 0 Å². The summed E-state index contributed by atoms with van der Waals surface area (Å²) >= 11 is 1.98. The zero-order valence-electron chi connectivity index (χ0n) is 45.1. The number of anilines is 2. The molecule has 360 valence electrons. The van der Waals surface area contributed by atoms with Gasteiger partial charge in [-0.25, -0.2) is 0 Å². The molecule has 10 aromatic rings. The van der Waals surface area contributed by atoms with Crippen molar-refractivity contribution in [2.24, 2.45) is 0 Å². The maximum Gasteiger partial charge on any atom is 0.375 e. The summed E-state index contributed by atoms with van der Waals surface area (Å²) in [6.45, 7) is 35.6. The zero-order valence-corrected chi connectivity index (χ0v) is 45.9. The normalized spacial score (nSPS) is 17.3. The number of hydrogen-bond donors (Lipinski definition) is 0. The predicted octanol–water partition coefficient (Wildman–Crippen LogP) is 17.7. The third kappa shape index (κ3) is 5.75. The Hall–Kier alpha value is -6.04. The molecule has 0 bridgehead atoms. The Morgan fingerprint density at radius 3 is 1.82 bits per heavy atom. The molecule has 0 radical (unpaired) electrons. The van der Waals surface area contributed by atoms with Crippen LogP contribution >= 0.6 is 11.3 Å². The largest absolute Gasteiger partial charge is 0.466 e. The van der Waals surface area contributed by atoms with Crippen molar-refractivity contribution in [2.45, 2.75) is 149 Å². The minimum atomic E-state index is -0.256. The number of thiophene rings is 1. The lowest BCUT2D eigenvalue weighted by Gasteiger charge is -2.42. The second kappa shape index (κ2) is 13.8. The van der Waals surface area contributed by atoms with E-state index < -0.39 is 0 Å². The van der Waals surface area contributed by atoms with E-state index in [1.807, 2.05) is 11.3 Å². The number of rotatable bonds is 1. The lowest BCUT2D eigenvalue weighted by molar-refractivity contribution is 0.331. The Bertz CT molecular complexity index is 4070. The van der Waals surface area contributed by atoms with Gasteiger partial charge in [0, 0.05) is 58.7 Å². The molecule has 0 saturated carbocycles. The highest BCUT2D eigenvalue weighted by atomic mass is 32.1. The van der Waals surface area contributed by atoms with Crippen molar-refractivity contribution in [1.29, 1.82) is 0 Å². The molecule has 0 saturated heterocycles. The summed E-state index contributed by atoms with van der Waals surface area (Å²) in [6, 6.07) is 43.6. The molecule has 0 atom stereocenters. The van der Waals surface area contributed by atoms with Gasteiger partial charge in [0.2, 0.25) is 0 Å². The lowest BCUT2D eigenvalue weighted by Crippen LogP contribution is -2.60. The van der Waals surface area contributed by atoms with Gasteiger partial charge in [0.05, 0.1) is 16.7 Å². The van der Waals surface area contributed by atoms with Crippen LogP contribution in [-0.2, 0) is 32.5 Å². The van der Waals surface area contributed by atoms with Crippen molar-refractivity contribution in [3.63, 3.8) is 0 Å². The van der Waals surface area contributed by atoms with E-state index >= 15 is 0 Å². The molecule has 3 nitrogen and oxygen atoms in total. The van der Waals surface area contributed by atoms with Crippen LogP contribution in [0.2, 0.25) is 0 Å². The van der Waals surface area contributed by atoms with Gasteiger partial charge < -0.3 is 13.8 Å². The fourth-order valence-corrected chi connectivity index (χ4v) is 15.2. The van der Waals surface area contributed by atoms with Crippen molar-refractivity contribution >= 4 is 93.6 Å². The van der Waals surface area contributed by atoms with Gasteiger partial charge in [-0.1, -0.05) is 152 Å². The fraction of sp³-hybridized carbons (Fsp3) is 0.343. The summed E-state index contributed by atoms with van der Waals surface area (Å²) in [4.78, 5) is 2.70. The van der Waals surface area contributed by atoms with E-state index in [0.717, 1.165) is 11.2 Å². The van der Waals surface area contributed by atoms with Crippen LogP contribution in [0.4, 0.5) is 11.4 Å². The summed E-state index contributed by atoms with van der Waals surface area (Å²) in [7, 11) is 0. The smallest absolute Gasteiger partial charge is 0.375 e. The molecule has 0 N–H and O–H groups in total. The Balaban J connectivity index is 1.20. The molecule has 72 heavy (non-hydrogen) atoms. The molecule has 7 aromatic carbocycles. The van der Waals surface area contributed by atoms with Crippen LogP contribution in [0.5, 0.6) is 0 Å². The molecule has 0 amide bonds. The minimum Gasteiger partial charge on any atom is -0.466 e. The highest BCUT2D eigenvalue weighted by molar-refractivity contribution is 7.27. The third-order valence-corrected chi connectivity index (χ3v) is 19.5. The average Bonchev–Trinajstić information content (AvgIpc) is 4.05. The number of fused-ring (bicyclic) bond motifs is 19. The summed E-state index contributed by atoms with van der Waals surface area (Å²) < 4.78 is 12.9. The molecule has 2 aliphatic heterocycles. The second-order valence-corrected chi connectivity index (χ2v) is 28.3. The monoisotopic (exact) mass is 959 g/mol. The van der Waals surface area contributed by atoms with Crippen LogP contribution < -0.4 is 15.9 Å². The summed E-state index contributed by atoms with van der Waals surface area (Å²) in [5.74, 6) is 0. The Kier molecular flexibility index (Phi) is 8.54. The molecule has 0 spiro atoms. The van der Waals surface area contributed by atoms with Crippen LogP contribution in [0.3, 0.4) is 0 Å². The van der Waals surface area contributed by atoms with E-state index in [0.29, 0.717) is 0 Å². The van der Waals surface area contributed by atoms with Crippen molar-refractivity contribution in [2.75, 3.05) is 4.81 Å². The SMILES string of the molecule is CC(C)(C)c1ccc(N2B3c4oc5ccc(C(C)(C)C)cc5c4-n4c5ccc(C(C)(C)C)cc5c5c6sc7ccccc7c6c(c3c54)-c3cc4c(cc32)-c2cc3c(cc2C4(C)C)C(C)(C)CCC3(C)C)cc1. The van der Waals surface area contributed by atoms with E-state index in [1.165, 1.54) is 144 Å². The Morgan fingerprint density at radius 1 is 0.556 bits per heavy atom. The summed E-state index contributed by atoms with van der Waals surface area (Å²) in [5, 5.41) is 6.55. The molecule has 0 fully saturated rings. The van der Waals surface area contributed by atoms with Crippen molar-refractivity contribution in [3.8, 4) is 27.9 Å². The molecular formula is C67H67BN2OS. The zero-order chi connectivity index (χ0) is 50.3. The van der Waals surface area contributed by atoms with E-state index in [2.05, 4.69) is 222 Å². The first-order valence-electron chi connectivity index (χ1n) is 26.7.